The highest BCUT2D eigenvalue weighted by Gasteiger charge is 2.55. The van der Waals surface area contributed by atoms with E-state index in [9.17, 15) is 98.7 Å². The van der Waals surface area contributed by atoms with E-state index in [-0.39, 0.29) is 57.5 Å². The van der Waals surface area contributed by atoms with E-state index in [4.69, 9.17) is 10.5 Å². The van der Waals surface area contributed by atoms with E-state index in [0.717, 1.165) is 4.90 Å². The highest BCUT2D eigenvalue weighted by molar-refractivity contribution is 5.98. The first-order valence-electron chi connectivity index (χ1n) is 27.6. The van der Waals surface area contributed by atoms with Crippen LogP contribution < -0.4 is 48.3 Å². The van der Waals surface area contributed by atoms with Crippen LogP contribution >= 0.6 is 0 Å². The molecule has 474 valence electrons. The van der Waals surface area contributed by atoms with Crippen LogP contribution in [0.5, 0.6) is 0 Å². The molecule has 2 fully saturated rings. The zero-order valence-corrected chi connectivity index (χ0v) is 47.5. The van der Waals surface area contributed by atoms with Gasteiger partial charge >= 0.3 is 17.9 Å². The maximum absolute atomic E-state index is 14.4. The summed E-state index contributed by atoms with van der Waals surface area (Å²) in [5, 5.41) is 110. The van der Waals surface area contributed by atoms with Crippen molar-refractivity contribution in [1.29, 1.82) is 0 Å². The number of nitrogens with two attached hydrogens (primary N) is 1. The number of ether oxygens (including phenoxy) is 1. The Hall–Kier alpha value is -6.98. The molecular weight excluding hydrogens is 1120 g/mol. The maximum atomic E-state index is 14.4. The number of carboxylic acids is 3. The number of imidazole rings is 1. The largest absolute Gasteiger partial charge is 0.481 e. The lowest BCUT2D eigenvalue weighted by atomic mass is 9.97. The Morgan fingerprint density at radius 2 is 1.25 bits per heavy atom. The van der Waals surface area contributed by atoms with Crippen LogP contribution in [0.3, 0.4) is 0 Å². The normalized spacial score (nSPS) is 21.8. The lowest BCUT2D eigenvalue weighted by Gasteiger charge is -2.36. The Labute approximate surface area is 483 Å². The van der Waals surface area contributed by atoms with Crippen LogP contribution in [0.25, 0.3) is 0 Å². The van der Waals surface area contributed by atoms with E-state index in [1.165, 1.54) is 19.4 Å². The van der Waals surface area contributed by atoms with Crippen LogP contribution in [0.2, 0.25) is 0 Å². The fourth-order valence-corrected chi connectivity index (χ4v) is 9.42. The topological polar surface area (TPSA) is 533 Å². The first-order chi connectivity index (χ1) is 39.5. The fourth-order valence-electron chi connectivity index (χ4n) is 9.42. The molecule has 0 aromatic carbocycles. The molecule has 2 aliphatic rings. The third kappa shape index (κ3) is 21.0. The molecule has 0 saturated carbocycles. The van der Waals surface area contributed by atoms with Gasteiger partial charge in [0.2, 0.25) is 47.3 Å². The molecule has 3 rings (SSSR count). The van der Waals surface area contributed by atoms with Gasteiger partial charge < -0.3 is 104 Å². The minimum absolute atomic E-state index is 0.0516. The van der Waals surface area contributed by atoms with Crippen molar-refractivity contribution in [1.82, 2.24) is 57.4 Å². The third-order valence-electron chi connectivity index (χ3n) is 14.1. The number of aromatic nitrogens is 2. The van der Waals surface area contributed by atoms with Gasteiger partial charge in [-0.25, -0.2) is 9.78 Å². The molecule has 8 amide bonds. The monoisotopic (exact) mass is 1200 g/mol. The number of hydrogen-bond donors (Lipinski definition) is 19. The minimum atomic E-state index is -2.13. The molecule has 33 nitrogen and oxygen atoms in total. The van der Waals surface area contributed by atoms with Gasteiger partial charge in [-0.1, -0.05) is 27.7 Å². The summed E-state index contributed by atoms with van der Waals surface area (Å²) in [6.07, 6.45) is -6.21. The van der Waals surface area contributed by atoms with Crippen molar-refractivity contribution in [3.8, 4) is 0 Å². The van der Waals surface area contributed by atoms with Crippen LogP contribution in [-0.2, 0) is 63.9 Å². The number of hydrogen-bond acceptors (Lipinski definition) is 21. The number of H-pyrrole nitrogens is 1. The zero-order chi connectivity index (χ0) is 63.2. The Kier molecular flexibility index (Phi) is 28.9. The van der Waals surface area contributed by atoms with Crippen LogP contribution in [0.15, 0.2) is 12.5 Å². The minimum Gasteiger partial charge on any atom is -0.481 e. The van der Waals surface area contributed by atoms with Crippen molar-refractivity contribution in [2.45, 2.75) is 190 Å². The standard InChI is InChI=1S/C51H84N12O21/c1-24(2)17-31(58-45(77)32(18-27-19-53-23-54-27)59-48(80)38(25(3)4)62-51(22-66)41(73)40(72)35(21-65)84-51)46(78)61-39(26(5)67)49(81)63-16-8-10-34(63)47(79)57-30(12-14-37(70)71)44(76)56-29(11-13-36(68)69)43(75)55-28(9-6-7-15-52)42(74)60-33(20-64)50(82)83/h19,23-26,28-35,38-41,62,64-67,72-73H,6-18,20-22,52H2,1-5H3,(H,53,54)(H,55,75)(H,56,76)(H,57,79)(H,58,77)(H,59,80)(H,60,74)(H,61,78)(H,68,69)(H,70,71)(H,82,83)/t26-,28+,29+,30+,31+,32+,33+,34+,35-,38+,39+,40-,41+,51+/m1/s1. The van der Waals surface area contributed by atoms with Crippen molar-refractivity contribution < 1.29 is 103 Å². The van der Waals surface area contributed by atoms with Crippen LogP contribution in [0, 0.1) is 11.8 Å². The summed E-state index contributed by atoms with van der Waals surface area (Å²) in [7, 11) is 0. The molecule has 20 N–H and O–H groups in total. The summed E-state index contributed by atoms with van der Waals surface area (Å²) in [6, 6.07) is -14.2. The van der Waals surface area contributed by atoms with E-state index in [1.54, 1.807) is 27.7 Å². The molecule has 1 aromatic rings. The Balaban J connectivity index is 1.88. The lowest BCUT2D eigenvalue weighted by Crippen LogP contribution is -2.66. The molecule has 2 saturated heterocycles. The van der Waals surface area contributed by atoms with Gasteiger partial charge in [-0.15, -0.1) is 0 Å². The molecule has 2 aliphatic heterocycles. The highest BCUT2D eigenvalue weighted by atomic mass is 16.6. The Bertz CT molecular complexity index is 2400. The number of unbranched alkanes of at least 4 members (excludes halogenated alkanes) is 1. The van der Waals surface area contributed by atoms with E-state index >= 15 is 0 Å². The van der Waals surface area contributed by atoms with Crippen molar-refractivity contribution in [3.63, 3.8) is 0 Å². The molecule has 0 radical (unpaired) electrons. The number of aliphatic hydroxyl groups excluding tert-OH is 6. The van der Waals surface area contributed by atoms with Gasteiger partial charge in [0, 0.05) is 37.7 Å². The van der Waals surface area contributed by atoms with E-state index in [1.807, 2.05) is 0 Å². The molecule has 3 heterocycles. The van der Waals surface area contributed by atoms with Gasteiger partial charge in [-0.2, -0.15) is 0 Å². The Morgan fingerprint density at radius 1 is 0.714 bits per heavy atom. The molecule has 33 heteroatoms. The molecule has 0 unspecified atom stereocenters. The molecule has 0 bridgehead atoms. The SMILES string of the molecule is CC(C)C[C@H](NC(=O)[C@H](Cc1cnc[nH]1)NC(=O)[C@@H](N[C@@]1(CO)O[C@H](CO)[C@@H](O)[C@@H]1O)C(C)C)C(=O)N[C@H](C(=O)N1CCC[C@H]1C(=O)N[C@@H](CCC(=O)O)C(=O)N[C@@H](CCC(=O)O)C(=O)N[C@@H](CCCCN)C(=O)N[C@@H](CO)C(=O)O)[C@@H](C)O. The zero-order valence-electron chi connectivity index (χ0n) is 47.5. The number of carbonyl (C=O) groups excluding carboxylic acids is 8. The molecule has 0 aliphatic carbocycles. The highest BCUT2D eigenvalue weighted by Crippen LogP contribution is 2.30. The number of aliphatic carboxylic acids is 3. The summed E-state index contributed by atoms with van der Waals surface area (Å²) in [4.78, 5) is 155. The molecule has 84 heavy (non-hydrogen) atoms. The van der Waals surface area contributed by atoms with Gasteiger partial charge in [0.15, 0.2) is 5.72 Å². The van der Waals surface area contributed by atoms with Gasteiger partial charge in [0.25, 0.3) is 0 Å². The summed E-state index contributed by atoms with van der Waals surface area (Å²) >= 11 is 0. The van der Waals surface area contributed by atoms with Crippen molar-refractivity contribution in [2.75, 3.05) is 32.9 Å². The summed E-state index contributed by atoms with van der Waals surface area (Å²) in [5.74, 6) is -13.5. The number of amides is 8. The summed E-state index contributed by atoms with van der Waals surface area (Å²) in [6.45, 7) is 5.11. The second kappa shape index (κ2) is 34.1. The van der Waals surface area contributed by atoms with E-state index in [0.29, 0.717) is 12.1 Å². The second-order valence-corrected chi connectivity index (χ2v) is 21.6. The number of aromatic amines is 1. The van der Waals surface area contributed by atoms with Crippen molar-refractivity contribution >= 4 is 65.2 Å². The maximum Gasteiger partial charge on any atom is 0.328 e. The lowest BCUT2D eigenvalue weighted by molar-refractivity contribution is -0.153. The molecule has 14 atom stereocenters. The number of carboxylic acid groups (broad SMARTS) is 3. The van der Waals surface area contributed by atoms with Crippen LogP contribution in [0.4, 0.5) is 0 Å². The number of rotatable bonds is 37. The average molecular weight is 1200 g/mol. The smallest absolute Gasteiger partial charge is 0.328 e. The predicted molar refractivity (Wildman–Crippen MR) is 289 cm³/mol. The van der Waals surface area contributed by atoms with Gasteiger partial charge in [-0.05, 0) is 76.7 Å². The molecular formula is C51H84N12O21. The van der Waals surface area contributed by atoms with Gasteiger partial charge in [0.1, 0.15) is 66.6 Å². The first-order valence-corrected chi connectivity index (χ1v) is 27.6. The summed E-state index contributed by atoms with van der Waals surface area (Å²) < 4.78 is 5.60. The molecule has 0 spiro atoms. The van der Waals surface area contributed by atoms with E-state index < -0.39 is 201 Å². The number of nitrogens with one attached hydrogen (secondary N) is 9. The summed E-state index contributed by atoms with van der Waals surface area (Å²) in [5.41, 5.74) is 3.79. The third-order valence-corrected chi connectivity index (χ3v) is 14.1. The van der Waals surface area contributed by atoms with Crippen molar-refractivity contribution in [2.24, 2.45) is 17.6 Å². The number of aliphatic hydroxyl groups is 6. The first kappa shape index (κ1) is 71.3. The van der Waals surface area contributed by atoms with E-state index in [2.05, 4.69) is 52.5 Å². The predicted octanol–water partition coefficient (Wildman–Crippen LogP) is -6.89. The Morgan fingerprint density at radius 3 is 1.73 bits per heavy atom. The second-order valence-electron chi connectivity index (χ2n) is 21.6. The van der Waals surface area contributed by atoms with Crippen LogP contribution in [-0.4, -0.2) is 243 Å². The van der Waals surface area contributed by atoms with Crippen LogP contribution in [0.1, 0.15) is 105 Å². The molecule has 1 aromatic heterocycles. The van der Waals surface area contributed by atoms with Gasteiger partial charge in [-0.3, -0.25) is 53.3 Å². The number of carbonyl (C=O) groups is 11. The number of nitrogens with zero attached hydrogens (tertiary/aromatic N) is 2. The quantitative estimate of drug-likeness (QED) is 0.0275. The van der Waals surface area contributed by atoms with Crippen molar-refractivity contribution in [3.05, 3.63) is 18.2 Å². The number of likely N-dealkylation sites (tertiary alicyclic amines) is 1. The average Bonchev–Trinajstić information content (AvgIpc) is 2.11. The fraction of sp³-hybridized carbons (Fsp3) is 0.725. The van der Waals surface area contributed by atoms with Gasteiger partial charge in [0.05, 0.1) is 38.3 Å².